The quantitative estimate of drug-likeness (QED) is 0.542. The largest absolute Gasteiger partial charge is 0.351 e. The maximum Gasteiger partial charge on any atom is 0.281 e. The van der Waals surface area contributed by atoms with Crippen LogP contribution in [0.25, 0.3) is 6.08 Å². The van der Waals surface area contributed by atoms with Crippen LogP contribution < -0.4 is 10.9 Å². The van der Waals surface area contributed by atoms with Gasteiger partial charge in [0.15, 0.2) is 0 Å². The van der Waals surface area contributed by atoms with Gasteiger partial charge in [-0.1, -0.05) is 33.3 Å². The van der Waals surface area contributed by atoms with Crippen LogP contribution >= 0.6 is 0 Å². The lowest BCUT2D eigenvalue weighted by Gasteiger charge is -2.37. The molecule has 1 heterocycles. The molecule has 0 spiro atoms. The highest BCUT2D eigenvalue weighted by Crippen LogP contribution is 2.42. The van der Waals surface area contributed by atoms with Crippen LogP contribution in [0.4, 0.5) is 0 Å². The standard InChI is InChI=1S/C21H32N4O/c1-14-7-8-17(21(3,4)5)12-16(14)13-18-15(2)11-19(24-18)20(26)25-23-10-6-9-22/h11,13-14,17,23-24H,6-8,10,12H2,1-5H3,(H,25,26)/b16-13-. The second-order valence-electron chi connectivity index (χ2n) is 8.53. The maximum absolute atomic E-state index is 12.2. The van der Waals surface area contributed by atoms with E-state index in [4.69, 9.17) is 5.26 Å². The number of aromatic nitrogens is 1. The first kappa shape index (κ1) is 20.3. The number of nitriles is 1. The van der Waals surface area contributed by atoms with Gasteiger partial charge in [0.2, 0.25) is 0 Å². The van der Waals surface area contributed by atoms with Gasteiger partial charge >= 0.3 is 0 Å². The molecule has 2 unspecified atom stereocenters. The Morgan fingerprint density at radius 2 is 2.15 bits per heavy atom. The summed E-state index contributed by atoms with van der Waals surface area (Å²) < 4.78 is 0. The molecule has 5 nitrogen and oxygen atoms in total. The summed E-state index contributed by atoms with van der Waals surface area (Å²) in [5, 5.41) is 8.52. The fourth-order valence-corrected chi connectivity index (χ4v) is 3.52. The van der Waals surface area contributed by atoms with Crippen molar-refractivity contribution < 1.29 is 4.79 Å². The van der Waals surface area contributed by atoms with E-state index in [2.05, 4.69) is 49.6 Å². The third-order valence-electron chi connectivity index (χ3n) is 5.48. The lowest BCUT2D eigenvalue weighted by atomic mass is 9.68. The van der Waals surface area contributed by atoms with Crippen molar-refractivity contribution in [2.75, 3.05) is 6.54 Å². The second kappa shape index (κ2) is 8.55. The highest BCUT2D eigenvalue weighted by molar-refractivity contribution is 5.92. The molecule has 0 aliphatic heterocycles. The summed E-state index contributed by atoms with van der Waals surface area (Å²) >= 11 is 0. The van der Waals surface area contributed by atoms with E-state index < -0.39 is 0 Å². The number of nitrogens with zero attached hydrogens (tertiary/aromatic N) is 1. The van der Waals surface area contributed by atoms with Crippen molar-refractivity contribution in [3.63, 3.8) is 0 Å². The van der Waals surface area contributed by atoms with Gasteiger partial charge in [-0.25, -0.2) is 5.43 Å². The number of nitrogens with one attached hydrogen (secondary N) is 3. The van der Waals surface area contributed by atoms with Gasteiger partial charge in [0.05, 0.1) is 6.07 Å². The third-order valence-corrected chi connectivity index (χ3v) is 5.48. The molecule has 0 aromatic carbocycles. The Morgan fingerprint density at radius 1 is 1.42 bits per heavy atom. The van der Waals surface area contributed by atoms with Gasteiger partial charge in [0.1, 0.15) is 5.69 Å². The Labute approximate surface area is 157 Å². The summed E-state index contributed by atoms with van der Waals surface area (Å²) in [6.45, 7) is 11.7. The predicted octanol–water partition coefficient (Wildman–Crippen LogP) is 4.34. The number of hydrazine groups is 1. The second-order valence-corrected chi connectivity index (χ2v) is 8.53. The van der Waals surface area contributed by atoms with E-state index in [0.29, 0.717) is 35.9 Å². The van der Waals surface area contributed by atoms with Crippen molar-refractivity contribution in [3.05, 3.63) is 28.6 Å². The van der Waals surface area contributed by atoms with Crippen LogP contribution in [-0.2, 0) is 0 Å². The summed E-state index contributed by atoms with van der Waals surface area (Å²) in [6, 6.07) is 3.91. The molecule has 5 heteroatoms. The summed E-state index contributed by atoms with van der Waals surface area (Å²) in [5.74, 6) is 1.08. The Morgan fingerprint density at radius 3 is 2.81 bits per heavy atom. The van der Waals surface area contributed by atoms with Crippen LogP contribution in [0.3, 0.4) is 0 Å². The molecule has 1 aliphatic carbocycles. The number of H-pyrrole nitrogens is 1. The number of rotatable bonds is 5. The molecule has 1 fully saturated rings. The van der Waals surface area contributed by atoms with Crippen molar-refractivity contribution in [2.45, 2.75) is 60.3 Å². The Hall–Kier alpha value is -2.06. The molecule has 1 aliphatic rings. The molecule has 1 aromatic heterocycles. The average molecular weight is 357 g/mol. The zero-order chi connectivity index (χ0) is 19.3. The zero-order valence-corrected chi connectivity index (χ0v) is 16.7. The van der Waals surface area contributed by atoms with Gasteiger partial charge in [-0.2, -0.15) is 5.26 Å². The Balaban J connectivity index is 2.11. The molecule has 0 bridgehead atoms. The molecule has 2 atom stereocenters. The predicted molar refractivity (Wildman–Crippen MR) is 105 cm³/mol. The van der Waals surface area contributed by atoms with Crippen molar-refractivity contribution in [3.8, 4) is 6.07 Å². The first-order chi connectivity index (χ1) is 12.2. The van der Waals surface area contributed by atoms with Gasteiger partial charge in [-0.3, -0.25) is 10.2 Å². The molecule has 3 N–H and O–H groups in total. The van der Waals surface area contributed by atoms with Crippen LogP contribution in [0.15, 0.2) is 11.6 Å². The van der Waals surface area contributed by atoms with Crippen LogP contribution in [0.1, 0.15) is 75.1 Å². The normalized spacial score (nSPS) is 22.2. The monoisotopic (exact) mass is 356 g/mol. The Bertz CT molecular complexity index is 703. The van der Waals surface area contributed by atoms with Crippen molar-refractivity contribution >= 4 is 12.0 Å². The number of amides is 1. The highest BCUT2D eigenvalue weighted by Gasteiger charge is 2.31. The molecule has 1 aromatic rings. The Kier molecular flexibility index (Phi) is 6.66. The SMILES string of the molecule is Cc1cc(C(=O)NNCCC#N)[nH]c1/C=C1/CC(C(C)(C)C)CCC1C. The summed E-state index contributed by atoms with van der Waals surface area (Å²) in [6.07, 6.45) is 6.24. The fraction of sp³-hybridized carbons (Fsp3) is 0.619. The van der Waals surface area contributed by atoms with Crippen molar-refractivity contribution in [1.29, 1.82) is 5.26 Å². The summed E-state index contributed by atoms with van der Waals surface area (Å²) in [5.41, 5.74) is 9.81. The van der Waals surface area contributed by atoms with Crippen LogP contribution in [0.2, 0.25) is 0 Å². The number of aryl methyl sites for hydroxylation is 1. The highest BCUT2D eigenvalue weighted by atomic mass is 16.2. The maximum atomic E-state index is 12.2. The van der Waals surface area contributed by atoms with Crippen molar-refractivity contribution in [1.82, 2.24) is 15.8 Å². The molecule has 0 saturated heterocycles. The number of carbonyl (C=O) groups is 1. The van der Waals surface area contributed by atoms with E-state index >= 15 is 0 Å². The van der Waals surface area contributed by atoms with Gasteiger partial charge in [-0.05, 0) is 61.1 Å². The van der Waals surface area contributed by atoms with E-state index in [0.717, 1.165) is 17.7 Å². The lowest BCUT2D eigenvalue weighted by Crippen LogP contribution is -2.38. The van der Waals surface area contributed by atoms with E-state index in [1.165, 1.54) is 18.4 Å². The number of hydrogen-bond donors (Lipinski definition) is 3. The van der Waals surface area contributed by atoms with Gasteiger partial charge in [0, 0.05) is 18.7 Å². The molecular formula is C21H32N4O. The molecule has 1 amide bonds. The third kappa shape index (κ3) is 5.22. The molecule has 1 saturated carbocycles. The van der Waals surface area contributed by atoms with E-state index in [9.17, 15) is 4.79 Å². The van der Waals surface area contributed by atoms with Gasteiger partial charge in [0.25, 0.3) is 5.91 Å². The summed E-state index contributed by atoms with van der Waals surface area (Å²) in [4.78, 5) is 15.5. The van der Waals surface area contributed by atoms with E-state index in [-0.39, 0.29) is 5.91 Å². The number of carbonyl (C=O) groups excluding carboxylic acids is 1. The molecule has 2 rings (SSSR count). The minimum Gasteiger partial charge on any atom is -0.351 e. The number of aromatic amines is 1. The molecule has 26 heavy (non-hydrogen) atoms. The number of allylic oxidation sites excluding steroid dienone is 1. The zero-order valence-electron chi connectivity index (χ0n) is 16.7. The van der Waals surface area contributed by atoms with Gasteiger partial charge in [-0.15, -0.1) is 0 Å². The van der Waals surface area contributed by atoms with E-state index in [1.54, 1.807) is 0 Å². The van der Waals surface area contributed by atoms with Crippen molar-refractivity contribution in [2.24, 2.45) is 17.3 Å². The lowest BCUT2D eigenvalue weighted by molar-refractivity contribution is 0.0929. The molecular weight excluding hydrogens is 324 g/mol. The minimum absolute atomic E-state index is 0.208. The fourth-order valence-electron chi connectivity index (χ4n) is 3.52. The van der Waals surface area contributed by atoms with Crippen LogP contribution in [-0.4, -0.2) is 17.4 Å². The number of hydrogen-bond acceptors (Lipinski definition) is 3. The average Bonchev–Trinajstić information content (AvgIpc) is 2.93. The smallest absolute Gasteiger partial charge is 0.281 e. The van der Waals surface area contributed by atoms with Gasteiger partial charge < -0.3 is 4.98 Å². The van der Waals surface area contributed by atoms with E-state index in [1.807, 2.05) is 19.1 Å². The summed E-state index contributed by atoms with van der Waals surface area (Å²) in [7, 11) is 0. The first-order valence-electron chi connectivity index (χ1n) is 9.52. The molecule has 0 radical (unpaired) electrons. The van der Waals surface area contributed by atoms with Crippen LogP contribution in [0, 0.1) is 35.5 Å². The van der Waals surface area contributed by atoms with Crippen LogP contribution in [0.5, 0.6) is 0 Å². The topological polar surface area (TPSA) is 80.7 Å². The minimum atomic E-state index is -0.208. The first-order valence-corrected chi connectivity index (χ1v) is 9.52. The molecule has 142 valence electrons.